The van der Waals surface area contributed by atoms with E-state index in [9.17, 15) is 0 Å². The van der Waals surface area contributed by atoms with E-state index in [0.29, 0.717) is 6.04 Å². The first-order chi connectivity index (χ1) is 9.36. The number of aryl methyl sites for hydroxylation is 1. The van der Waals surface area contributed by atoms with E-state index in [0.717, 1.165) is 25.4 Å². The van der Waals surface area contributed by atoms with Crippen molar-refractivity contribution in [3.05, 3.63) is 11.9 Å². The molecule has 1 aromatic heterocycles. The molecule has 0 spiro atoms. The molecule has 1 unspecified atom stereocenters. The zero-order valence-corrected chi connectivity index (χ0v) is 12.4. The van der Waals surface area contributed by atoms with E-state index in [1.165, 1.54) is 44.2 Å². The van der Waals surface area contributed by atoms with Gasteiger partial charge in [0.2, 0.25) is 0 Å². The quantitative estimate of drug-likeness (QED) is 0.802. The monoisotopic (exact) mass is 264 g/mol. The zero-order valence-electron chi connectivity index (χ0n) is 12.4. The standard InChI is InChI=1S/C15H28N4/c1-3-11-19-14(12-17-18-19)15(16-4-2)13-9-7-5-6-8-10-13/h12-13,15-16H,3-11H2,1-2H3. The largest absolute Gasteiger partial charge is 0.309 e. The lowest BCUT2D eigenvalue weighted by Gasteiger charge is -2.27. The summed E-state index contributed by atoms with van der Waals surface area (Å²) in [5, 5.41) is 12.1. The number of nitrogens with one attached hydrogen (secondary N) is 1. The fourth-order valence-electron chi connectivity index (χ4n) is 3.27. The summed E-state index contributed by atoms with van der Waals surface area (Å²) in [5.74, 6) is 0.747. The smallest absolute Gasteiger partial charge is 0.0759 e. The molecule has 4 nitrogen and oxygen atoms in total. The highest BCUT2D eigenvalue weighted by atomic mass is 15.4. The summed E-state index contributed by atoms with van der Waals surface area (Å²) < 4.78 is 2.10. The average Bonchev–Trinajstić information content (AvgIpc) is 2.71. The van der Waals surface area contributed by atoms with Crippen LogP contribution >= 0.6 is 0 Å². The van der Waals surface area contributed by atoms with Gasteiger partial charge in [0.15, 0.2) is 0 Å². The molecule has 1 aliphatic rings. The second-order valence-corrected chi connectivity index (χ2v) is 5.67. The lowest BCUT2D eigenvalue weighted by atomic mass is 9.90. The molecule has 108 valence electrons. The number of hydrogen-bond donors (Lipinski definition) is 1. The van der Waals surface area contributed by atoms with Crippen LogP contribution in [-0.2, 0) is 6.54 Å². The SMILES string of the molecule is CCCn1nncc1C(NCC)C1CCCCCC1. The molecule has 19 heavy (non-hydrogen) atoms. The topological polar surface area (TPSA) is 42.7 Å². The minimum absolute atomic E-state index is 0.435. The van der Waals surface area contributed by atoms with Crippen molar-refractivity contribution in [2.24, 2.45) is 5.92 Å². The van der Waals surface area contributed by atoms with Crippen LogP contribution in [-0.4, -0.2) is 21.5 Å². The van der Waals surface area contributed by atoms with Crippen molar-refractivity contribution in [2.45, 2.75) is 71.4 Å². The Morgan fingerprint density at radius 2 is 2.00 bits per heavy atom. The molecular weight excluding hydrogens is 236 g/mol. The molecule has 0 aliphatic heterocycles. The van der Waals surface area contributed by atoms with Crippen LogP contribution in [0.5, 0.6) is 0 Å². The molecule has 4 heteroatoms. The third kappa shape index (κ3) is 3.78. The number of rotatable bonds is 6. The van der Waals surface area contributed by atoms with Gasteiger partial charge in [-0.25, -0.2) is 4.68 Å². The van der Waals surface area contributed by atoms with Gasteiger partial charge in [-0.1, -0.05) is 44.7 Å². The van der Waals surface area contributed by atoms with Crippen molar-refractivity contribution in [3.8, 4) is 0 Å². The second-order valence-electron chi connectivity index (χ2n) is 5.67. The highest BCUT2D eigenvalue weighted by Gasteiger charge is 2.26. The van der Waals surface area contributed by atoms with Crippen LogP contribution in [0.4, 0.5) is 0 Å². The van der Waals surface area contributed by atoms with E-state index in [4.69, 9.17) is 0 Å². The summed E-state index contributed by atoms with van der Waals surface area (Å²) >= 11 is 0. The lowest BCUT2D eigenvalue weighted by Crippen LogP contribution is -2.30. The van der Waals surface area contributed by atoms with Crippen molar-refractivity contribution in [3.63, 3.8) is 0 Å². The molecule has 0 bridgehead atoms. The fourth-order valence-corrected chi connectivity index (χ4v) is 3.27. The van der Waals surface area contributed by atoms with Gasteiger partial charge >= 0.3 is 0 Å². The minimum atomic E-state index is 0.435. The zero-order chi connectivity index (χ0) is 13.5. The van der Waals surface area contributed by atoms with Gasteiger partial charge in [0.25, 0.3) is 0 Å². The molecule has 1 saturated carbocycles. The second kappa shape index (κ2) is 7.63. The van der Waals surface area contributed by atoms with Gasteiger partial charge in [-0.05, 0) is 31.7 Å². The highest BCUT2D eigenvalue weighted by molar-refractivity contribution is 5.05. The summed E-state index contributed by atoms with van der Waals surface area (Å²) in [7, 11) is 0. The maximum Gasteiger partial charge on any atom is 0.0759 e. The van der Waals surface area contributed by atoms with Crippen LogP contribution in [0.2, 0.25) is 0 Å². The Kier molecular flexibility index (Phi) is 5.83. The molecule has 0 amide bonds. The van der Waals surface area contributed by atoms with Gasteiger partial charge < -0.3 is 5.32 Å². The molecular formula is C15H28N4. The van der Waals surface area contributed by atoms with Crippen LogP contribution < -0.4 is 5.32 Å². The van der Waals surface area contributed by atoms with E-state index >= 15 is 0 Å². The highest BCUT2D eigenvalue weighted by Crippen LogP contribution is 2.33. The molecule has 1 N–H and O–H groups in total. The molecule has 0 aromatic carbocycles. The maximum atomic E-state index is 4.25. The van der Waals surface area contributed by atoms with E-state index in [1.807, 2.05) is 6.20 Å². The first-order valence-electron chi connectivity index (χ1n) is 7.98. The third-order valence-corrected chi connectivity index (χ3v) is 4.20. The number of nitrogens with zero attached hydrogens (tertiary/aromatic N) is 3. The summed E-state index contributed by atoms with van der Waals surface area (Å²) in [6.07, 6.45) is 11.3. The van der Waals surface area contributed by atoms with Crippen LogP contribution in [0.15, 0.2) is 6.20 Å². The lowest BCUT2D eigenvalue weighted by molar-refractivity contribution is 0.312. The van der Waals surface area contributed by atoms with Gasteiger partial charge in [0.05, 0.1) is 17.9 Å². The molecule has 1 aromatic rings. The Morgan fingerprint density at radius 3 is 2.63 bits per heavy atom. The Labute approximate surface area is 117 Å². The summed E-state index contributed by atoms with van der Waals surface area (Å²) in [6, 6.07) is 0.435. The van der Waals surface area contributed by atoms with Gasteiger partial charge in [0, 0.05) is 6.54 Å². The van der Waals surface area contributed by atoms with E-state index in [-0.39, 0.29) is 0 Å². The number of hydrogen-bond acceptors (Lipinski definition) is 3. The van der Waals surface area contributed by atoms with Crippen molar-refractivity contribution in [2.75, 3.05) is 6.54 Å². The van der Waals surface area contributed by atoms with Gasteiger partial charge in [-0.3, -0.25) is 0 Å². The predicted molar refractivity (Wildman–Crippen MR) is 77.9 cm³/mol. The molecule has 0 radical (unpaired) electrons. The molecule has 1 fully saturated rings. The molecule has 0 saturated heterocycles. The van der Waals surface area contributed by atoms with Crippen LogP contribution in [0.25, 0.3) is 0 Å². The van der Waals surface area contributed by atoms with Crippen molar-refractivity contribution >= 4 is 0 Å². The molecule has 1 atom stereocenters. The summed E-state index contributed by atoms with van der Waals surface area (Å²) in [6.45, 7) is 6.37. The van der Waals surface area contributed by atoms with Gasteiger partial charge in [-0.2, -0.15) is 0 Å². The Balaban J connectivity index is 2.15. The van der Waals surface area contributed by atoms with Crippen molar-refractivity contribution < 1.29 is 0 Å². The van der Waals surface area contributed by atoms with Gasteiger partial charge in [0.1, 0.15) is 0 Å². The van der Waals surface area contributed by atoms with E-state index < -0.39 is 0 Å². The first kappa shape index (κ1) is 14.5. The molecule has 1 aliphatic carbocycles. The minimum Gasteiger partial charge on any atom is -0.309 e. The summed E-state index contributed by atoms with van der Waals surface area (Å²) in [5.41, 5.74) is 1.29. The van der Waals surface area contributed by atoms with Crippen LogP contribution in [0.3, 0.4) is 0 Å². The van der Waals surface area contributed by atoms with E-state index in [1.54, 1.807) is 0 Å². The van der Waals surface area contributed by atoms with Gasteiger partial charge in [-0.15, -0.1) is 5.10 Å². The third-order valence-electron chi connectivity index (χ3n) is 4.20. The number of aromatic nitrogens is 3. The molecule has 1 heterocycles. The average molecular weight is 264 g/mol. The van der Waals surface area contributed by atoms with Crippen molar-refractivity contribution in [1.29, 1.82) is 0 Å². The maximum absolute atomic E-state index is 4.25. The summed E-state index contributed by atoms with van der Waals surface area (Å²) in [4.78, 5) is 0. The predicted octanol–water partition coefficient (Wildman–Crippen LogP) is 3.31. The fraction of sp³-hybridized carbons (Fsp3) is 0.867. The normalized spacial score (nSPS) is 19.3. The Hall–Kier alpha value is -0.900. The van der Waals surface area contributed by atoms with Crippen molar-refractivity contribution in [1.82, 2.24) is 20.3 Å². The van der Waals surface area contributed by atoms with Crippen LogP contribution in [0.1, 0.15) is 70.5 Å². The Morgan fingerprint density at radius 1 is 1.26 bits per heavy atom. The molecule has 2 rings (SSSR count). The van der Waals surface area contributed by atoms with Crippen LogP contribution in [0, 0.1) is 5.92 Å². The Bertz CT molecular complexity index is 353. The first-order valence-corrected chi connectivity index (χ1v) is 7.98. The van der Waals surface area contributed by atoms with E-state index in [2.05, 4.69) is 34.2 Å².